The lowest BCUT2D eigenvalue weighted by Crippen LogP contribution is -2.39. The van der Waals surface area contributed by atoms with Crippen LogP contribution in [0.15, 0.2) is 36.9 Å². The van der Waals surface area contributed by atoms with Crippen LogP contribution in [-0.2, 0) is 10.0 Å². The number of sulfonamides is 1. The van der Waals surface area contributed by atoms with Crippen molar-refractivity contribution in [1.82, 2.24) is 4.31 Å². The van der Waals surface area contributed by atoms with E-state index in [2.05, 4.69) is 6.58 Å². The van der Waals surface area contributed by atoms with E-state index in [0.717, 1.165) is 0 Å². The average Bonchev–Trinajstić information content (AvgIpc) is 2.37. The molecule has 1 aromatic carbocycles. The number of benzene rings is 1. The molecule has 1 rings (SSSR count). The summed E-state index contributed by atoms with van der Waals surface area (Å²) in [5, 5.41) is 0. The molecule has 0 spiro atoms. The Bertz CT molecular complexity index is 524. The smallest absolute Gasteiger partial charge is 0.217 e. The van der Waals surface area contributed by atoms with Gasteiger partial charge in [0.15, 0.2) is 0 Å². The van der Waals surface area contributed by atoms with E-state index in [0.29, 0.717) is 18.0 Å². The number of ether oxygens (including phenoxy) is 1. The fourth-order valence-electron chi connectivity index (χ4n) is 1.72. The summed E-state index contributed by atoms with van der Waals surface area (Å²) in [6.45, 7) is 7.66. The molecule has 0 aromatic heterocycles. The summed E-state index contributed by atoms with van der Waals surface area (Å²) in [6, 6.07) is 6.75. The van der Waals surface area contributed by atoms with Crippen molar-refractivity contribution in [1.29, 1.82) is 0 Å². The molecule has 0 aliphatic rings. The molecule has 0 saturated heterocycles. The highest BCUT2D eigenvalue weighted by Crippen LogP contribution is 2.14. The Balaban J connectivity index is 2.58. The first-order valence-electron chi connectivity index (χ1n) is 6.45. The van der Waals surface area contributed by atoms with Crippen molar-refractivity contribution in [2.24, 2.45) is 0 Å². The predicted molar refractivity (Wildman–Crippen MR) is 82.2 cm³/mol. The highest BCUT2D eigenvalue weighted by Gasteiger charge is 2.23. The van der Waals surface area contributed by atoms with Gasteiger partial charge in [-0.25, -0.2) is 8.42 Å². The number of anilines is 1. The van der Waals surface area contributed by atoms with Gasteiger partial charge >= 0.3 is 0 Å². The molecular weight excluding hydrogens is 276 g/mol. The van der Waals surface area contributed by atoms with Crippen LogP contribution in [0.5, 0.6) is 5.75 Å². The highest BCUT2D eigenvalue weighted by atomic mass is 32.2. The Kier molecular flexibility index (Phi) is 6.04. The Hall–Kier alpha value is -1.53. The van der Waals surface area contributed by atoms with Crippen LogP contribution >= 0.6 is 0 Å². The Morgan fingerprint density at radius 3 is 2.45 bits per heavy atom. The molecule has 0 unspecified atom stereocenters. The van der Waals surface area contributed by atoms with Gasteiger partial charge < -0.3 is 10.5 Å². The molecule has 0 radical (unpaired) electrons. The molecule has 1 aromatic rings. The van der Waals surface area contributed by atoms with Crippen molar-refractivity contribution >= 4 is 15.7 Å². The van der Waals surface area contributed by atoms with Crippen LogP contribution in [0.1, 0.15) is 13.8 Å². The van der Waals surface area contributed by atoms with Crippen LogP contribution in [0.4, 0.5) is 5.69 Å². The monoisotopic (exact) mass is 298 g/mol. The molecule has 0 atom stereocenters. The molecule has 0 fully saturated rings. The minimum atomic E-state index is -3.35. The largest absolute Gasteiger partial charge is 0.492 e. The maximum Gasteiger partial charge on any atom is 0.217 e. The lowest BCUT2D eigenvalue weighted by Gasteiger charge is -2.24. The second kappa shape index (κ2) is 7.31. The van der Waals surface area contributed by atoms with Crippen LogP contribution in [0.2, 0.25) is 0 Å². The van der Waals surface area contributed by atoms with E-state index in [9.17, 15) is 8.42 Å². The third-order valence-electron chi connectivity index (χ3n) is 2.73. The van der Waals surface area contributed by atoms with Gasteiger partial charge in [-0.1, -0.05) is 6.08 Å². The maximum atomic E-state index is 12.2. The van der Waals surface area contributed by atoms with Crippen LogP contribution in [0.3, 0.4) is 0 Å². The molecule has 0 saturated carbocycles. The first-order chi connectivity index (χ1) is 9.36. The summed E-state index contributed by atoms with van der Waals surface area (Å²) in [4.78, 5) is 0. The Morgan fingerprint density at radius 1 is 1.35 bits per heavy atom. The third-order valence-corrected chi connectivity index (χ3v) is 4.70. The van der Waals surface area contributed by atoms with Crippen molar-refractivity contribution < 1.29 is 13.2 Å². The Morgan fingerprint density at radius 2 is 1.95 bits per heavy atom. The number of nitrogens with zero attached hydrogens (tertiary/aromatic N) is 1. The van der Waals surface area contributed by atoms with Crippen molar-refractivity contribution in [3.63, 3.8) is 0 Å². The van der Waals surface area contributed by atoms with Gasteiger partial charge in [0.25, 0.3) is 0 Å². The van der Waals surface area contributed by atoms with Gasteiger partial charge in [0, 0.05) is 18.3 Å². The number of rotatable bonds is 8. The number of hydrogen-bond donors (Lipinski definition) is 1. The van der Waals surface area contributed by atoms with Gasteiger partial charge in [-0.3, -0.25) is 0 Å². The van der Waals surface area contributed by atoms with E-state index >= 15 is 0 Å². The van der Waals surface area contributed by atoms with Crippen molar-refractivity contribution in [3.8, 4) is 5.75 Å². The first-order valence-corrected chi connectivity index (χ1v) is 8.06. The molecule has 0 aliphatic carbocycles. The van der Waals surface area contributed by atoms with Crippen LogP contribution in [0, 0.1) is 0 Å². The summed E-state index contributed by atoms with van der Waals surface area (Å²) in [5.74, 6) is 0.540. The van der Waals surface area contributed by atoms with Gasteiger partial charge in [0.1, 0.15) is 12.4 Å². The molecule has 20 heavy (non-hydrogen) atoms. The standard InChI is InChI=1S/C14H22N2O3S/c1-4-9-16(12(2)3)20(17,18)11-10-19-14-7-5-13(15)6-8-14/h4-8,12H,1,9-11,15H2,2-3H3. The average molecular weight is 298 g/mol. The second-order valence-corrected chi connectivity index (χ2v) is 6.73. The summed E-state index contributed by atoms with van der Waals surface area (Å²) < 4.78 is 31.2. The summed E-state index contributed by atoms with van der Waals surface area (Å²) in [7, 11) is -3.35. The zero-order valence-corrected chi connectivity index (χ0v) is 12.8. The fourth-order valence-corrected chi connectivity index (χ4v) is 3.22. The van der Waals surface area contributed by atoms with Crippen LogP contribution in [0.25, 0.3) is 0 Å². The minimum absolute atomic E-state index is 0.0661. The van der Waals surface area contributed by atoms with E-state index in [-0.39, 0.29) is 18.4 Å². The molecule has 0 heterocycles. The third kappa shape index (κ3) is 4.86. The van der Waals surface area contributed by atoms with Gasteiger partial charge in [-0.05, 0) is 38.1 Å². The SMILES string of the molecule is C=CCN(C(C)C)S(=O)(=O)CCOc1ccc(N)cc1. The van der Waals surface area contributed by atoms with Crippen molar-refractivity contribution in [2.75, 3.05) is 24.6 Å². The first kappa shape index (κ1) is 16.5. The quantitative estimate of drug-likeness (QED) is 0.587. The molecule has 112 valence electrons. The molecule has 0 aliphatic heterocycles. The topological polar surface area (TPSA) is 72.6 Å². The maximum absolute atomic E-state index is 12.2. The summed E-state index contributed by atoms with van der Waals surface area (Å²) >= 11 is 0. The molecule has 2 N–H and O–H groups in total. The van der Waals surface area contributed by atoms with E-state index in [1.807, 2.05) is 13.8 Å². The zero-order chi connectivity index (χ0) is 15.2. The highest BCUT2D eigenvalue weighted by molar-refractivity contribution is 7.89. The molecule has 0 amide bonds. The summed E-state index contributed by atoms with van der Waals surface area (Å²) in [5.41, 5.74) is 6.20. The molecule has 6 heteroatoms. The predicted octanol–water partition coefficient (Wildman–Crippen LogP) is 1.87. The number of hydrogen-bond acceptors (Lipinski definition) is 4. The number of nitrogens with two attached hydrogens (primary N) is 1. The van der Waals surface area contributed by atoms with Crippen LogP contribution in [-0.4, -0.2) is 37.7 Å². The normalized spacial score (nSPS) is 11.8. The Labute approximate surface area is 121 Å². The molecular formula is C14H22N2O3S. The van der Waals surface area contributed by atoms with Crippen molar-refractivity contribution in [3.05, 3.63) is 36.9 Å². The second-order valence-electron chi connectivity index (χ2n) is 4.69. The van der Waals surface area contributed by atoms with Gasteiger partial charge in [-0.2, -0.15) is 4.31 Å². The van der Waals surface area contributed by atoms with E-state index in [1.54, 1.807) is 30.3 Å². The summed E-state index contributed by atoms with van der Waals surface area (Å²) in [6.07, 6.45) is 1.58. The lowest BCUT2D eigenvalue weighted by atomic mass is 10.3. The van der Waals surface area contributed by atoms with E-state index < -0.39 is 10.0 Å². The zero-order valence-electron chi connectivity index (χ0n) is 12.0. The minimum Gasteiger partial charge on any atom is -0.492 e. The fraction of sp³-hybridized carbons (Fsp3) is 0.429. The van der Waals surface area contributed by atoms with Crippen LogP contribution < -0.4 is 10.5 Å². The van der Waals surface area contributed by atoms with E-state index in [4.69, 9.17) is 10.5 Å². The van der Waals surface area contributed by atoms with Gasteiger partial charge in [0.2, 0.25) is 10.0 Å². The lowest BCUT2D eigenvalue weighted by molar-refractivity contribution is 0.330. The molecule has 0 bridgehead atoms. The van der Waals surface area contributed by atoms with Gasteiger partial charge in [-0.15, -0.1) is 6.58 Å². The van der Waals surface area contributed by atoms with E-state index in [1.165, 1.54) is 4.31 Å². The van der Waals surface area contributed by atoms with Crippen molar-refractivity contribution in [2.45, 2.75) is 19.9 Å². The number of nitrogen functional groups attached to an aromatic ring is 1. The van der Waals surface area contributed by atoms with Gasteiger partial charge in [0.05, 0.1) is 5.75 Å². The molecule has 5 nitrogen and oxygen atoms in total.